The van der Waals surface area contributed by atoms with Crippen LogP contribution in [-0.4, -0.2) is 217 Å². The Bertz CT molecular complexity index is 4230. The van der Waals surface area contributed by atoms with E-state index in [1.165, 1.54) is 113 Å². The lowest BCUT2D eigenvalue weighted by Crippen LogP contribution is -2.40. The topological polar surface area (TPSA) is 305 Å². The highest BCUT2D eigenvalue weighted by Crippen LogP contribution is 2.44. The summed E-state index contributed by atoms with van der Waals surface area (Å²) >= 11 is 0. The maximum atomic E-state index is 12.1. The SMILES string of the molecule is C1=C(c2ccccn2)CCC2(C1)OCCO2.CB(O)NC1CCNC1.CC.CC.CC.CC.CC.CC.C[C@@H]1CCN(C2CCC(c3ccccn3)CC2)C1.Cc1ccccn1.N[C@@H]1CCN(C2CCC(c3ccccn3)CC2)C1.O=C1CCC(c2ccccn2)CC1.O=C1CCC2(CC1)OCCO2.O=S(=O)(OC1=CCC2(CC1)OCCO2)C(F)(F)F.c1ccc(C2CCC3(CC2)OCCO3)nc1. The van der Waals surface area contributed by atoms with Gasteiger partial charge in [0.2, 0.25) is 0 Å². The van der Waals surface area contributed by atoms with Crippen LogP contribution in [0.3, 0.4) is 0 Å². The average molecular weight is 1950 g/mol. The van der Waals surface area contributed by atoms with Gasteiger partial charge in [0, 0.05) is 223 Å². The Balaban J connectivity index is 0.000000237. The molecule has 0 amide bonds. The van der Waals surface area contributed by atoms with Gasteiger partial charge in [-0.1, -0.05) is 132 Å². The molecule has 4 spiro atoms. The van der Waals surface area contributed by atoms with Crippen LogP contribution < -0.4 is 16.3 Å². The van der Waals surface area contributed by atoms with Crippen molar-refractivity contribution in [2.75, 3.05) is 92.1 Å². The van der Waals surface area contributed by atoms with Gasteiger partial charge in [-0.2, -0.15) is 21.6 Å². The molecule has 30 heteroatoms. The Hall–Kier alpha value is -7.24. The molecule has 25 nitrogen and oxygen atoms in total. The first-order valence-corrected chi connectivity index (χ1v) is 53.8. The maximum Gasteiger partial charge on any atom is 0.534 e. The van der Waals surface area contributed by atoms with Crippen LogP contribution in [0.15, 0.2) is 164 Å². The fourth-order valence-electron chi connectivity index (χ4n) is 19.2. The number of nitrogens with zero attached hydrogens (tertiary/aromatic N) is 8. The van der Waals surface area contributed by atoms with E-state index >= 15 is 0 Å². The second-order valence-corrected chi connectivity index (χ2v) is 37.1. The van der Waals surface area contributed by atoms with Crippen LogP contribution in [0.5, 0.6) is 0 Å². The number of rotatable bonds is 11. The van der Waals surface area contributed by atoms with Gasteiger partial charge in [-0.25, -0.2) is 0 Å². The number of aromatic nitrogens is 6. The molecule has 5 N–H and O–H groups in total. The van der Waals surface area contributed by atoms with Crippen molar-refractivity contribution < 1.29 is 78.3 Å². The molecule has 0 aromatic carbocycles. The molecule has 0 bridgehead atoms. The Morgan fingerprint density at radius 1 is 0.449 bits per heavy atom. The minimum atomic E-state index is -5.58. The van der Waals surface area contributed by atoms with Crippen molar-refractivity contribution in [2.45, 2.75) is 366 Å². The number of nitrogens with one attached hydrogen (secondary N) is 2. The Labute approximate surface area is 826 Å². The first-order valence-electron chi connectivity index (χ1n) is 52.4. The summed E-state index contributed by atoms with van der Waals surface area (Å²) in [6.07, 6.45) is 42.6. The number of allylic oxidation sites excluding steroid dienone is 2. The first kappa shape index (κ1) is 119. The molecule has 7 saturated heterocycles. The van der Waals surface area contributed by atoms with E-state index in [2.05, 4.69) is 116 Å². The number of halogens is 3. The van der Waals surface area contributed by atoms with E-state index in [1.807, 2.05) is 182 Å². The number of nitrogens with two attached hydrogens (primary N) is 1. The summed E-state index contributed by atoms with van der Waals surface area (Å²) in [6, 6.07) is 39.2. The van der Waals surface area contributed by atoms with Gasteiger partial charge in [-0.15, -0.1) is 0 Å². The summed E-state index contributed by atoms with van der Waals surface area (Å²) in [7, 11) is -5.95. The standard InChI is InChI=1S/C16H24N2.C15H23N3.C13H17NO2.C13H15NO2.C11H13NO.C9H11F3O5S.C8H12O3.C6H7N.C5H13BN2O.6C2H6/c1-13-9-11-18(12-13)15-7-5-14(6-8-15)16-4-2-3-10-17-16;16-13-8-10-18(11-13)14-6-4-12(5-7-14)15-3-1-2-9-17-15;2*1-2-8-14-12(3-1)11-4-6-13(7-5-11)15-9-10-16-13;13-10-6-4-9(5-7-10)11-3-1-2-8-12-11;10-9(11,12)18(13,14)17-7-1-3-8(4-2-7)15-5-6-16-8;9-7-1-3-8(4-2-7)10-5-6-11-8;1-6-4-2-3-5-7-6;1-6(9)8-5-2-3-7-4-5;6*1-2/h2-4,10,13-15H,5-9,11-12H2,1H3;1-3,9,12-14H,4-8,10-11,16H2;1-3,8,11H,4-7,9-10H2;1-4,8H,5-7,9-10H2;1-3,8-9H,4-7H2;1H,2-6H2;1-6H2;2-5H,1H3;5,7-9H,2-4H2,1H3;6*1-2H3/t13-,14?,15?;12?,13-,14?;;;;;;;;;;;;;/m11............./s1. The fourth-order valence-corrected chi connectivity index (χ4v) is 19.7. The zero-order chi connectivity index (χ0) is 101. The summed E-state index contributed by atoms with van der Waals surface area (Å²) in [5.74, 6) is 2.17. The monoisotopic (exact) mass is 1950 g/mol. The quantitative estimate of drug-likeness (QED) is 0.0532. The van der Waals surface area contributed by atoms with Gasteiger partial charge in [0.1, 0.15) is 17.3 Å². The molecule has 12 fully saturated rings. The summed E-state index contributed by atoms with van der Waals surface area (Å²) in [5.41, 5.74) is 9.01. The Morgan fingerprint density at radius 2 is 0.826 bits per heavy atom. The van der Waals surface area contributed by atoms with Crippen molar-refractivity contribution in [3.63, 3.8) is 0 Å². The minimum absolute atomic E-state index is 0.0231. The molecule has 6 aromatic heterocycles. The van der Waals surface area contributed by atoms with Gasteiger partial charge in [-0.3, -0.25) is 44.4 Å². The Kier molecular flexibility index (Phi) is 57.0. The summed E-state index contributed by atoms with van der Waals surface area (Å²) < 4.78 is 106. The second-order valence-electron chi connectivity index (χ2n) is 35.5. The number of alkyl halides is 3. The largest absolute Gasteiger partial charge is 0.534 e. The first-order chi connectivity index (χ1) is 67.0. The number of carbonyl (C=O) groups excluding carboxylic acids is 2. The fraction of sp³-hybridized carbons (Fsp3) is 0.667. The molecule has 6 aromatic rings. The number of ether oxygens (including phenoxy) is 8. The molecular weight excluding hydrogens is 1780 g/mol. The lowest BCUT2D eigenvalue weighted by molar-refractivity contribution is -0.179. The lowest BCUT2D eigenvalue weighted by atomic mass is 9.83. The number of carbonyl (C=O) groups is 2. The summed E-state index contributed by atoms with van der Waals surface area (Å²) in [6.45, 7) is 42.4. The molecule has 3 atom stereocenters. The van der Waals surface area contributed by atoms with Crippen LogP contribution in [-0.2, 0) is 61.8 Å². The highest BCUT2D eigenvalue weighted by molar-refractivity contribution is 7.87. The maximum absolute atomic E-state index is 12.1. The van der Waals surface area contributed by atoms with Gasteiger partial charge < -0.3 is 68.3 Å². The molecule has 5 saturated carbocycles. The zero-order valence-corrected chi connectivity index (χ0v) is 87.0. The molecule has 7 aliphatic heterocycles. The summed E-state index contributed by atoms with van der Waals surface area (Å²) in [5, 5.41) is 15.1. The van der Waals surface area contributed by atoms with Crippen LogP contribution >= 0.6 is 0 Å². The zero-order valence-electron chi connectivity index (χ0n) is 86.1. The lowest BCUT2D eigenvalue weighted by Gasteiger charge is -2.35. The normalized spacial score (nSPS) is 24.1. The third-order valence-corrected chi connectivity index (χ3v) is 27.3. The highest BCUT2D eigenvalue weighted by atomic mass is 32.2. The van der Waals surface area contributed by atoms with Gasteiger partial charge in [0.15, 0.2) is 23.1 Å². The van der Waals surface area contributed by atoms with E-state index in [1.54, 1.807) is 13.0 Å². The van der Waals surface area contributed by atoms with Crippen molar-refractivity contribution in [1.29, 1.82) is 0 Å². The third kappa shape index (κ3) is 41.2. The molecule has 138 heavy (non-hydrogen) atoms. The molecule has 13 heterocycles. The molecule has 20 rings (SSSR count). The van der Waals surface area contributed by atoms with E-state index in [-0.39, 0.29) is 49.4 Å². The van der Waals surface area contributed by atoms with Gasteiger partial charge in [0.05, 0.1) is 58.5 Å². The second kappa shape index (κ2) is 65.8. The highest BCUT2D eigenvalue weighted by Gasteiger charge is 2.50. The molecule has 7 aliphatic carbocycles. The molecule has 1 unspecified atom stereocenters. The van der Waals surface area contributed by atoms with E-state index in [0.29, 0.717) is 86.6 Å². The van der Waals surface area contributed by atoms with Crippen molar-refractivity contribution in [2.24, 2.45) is 11.7 Å². The van der Waals surface area contributed by atoms with Crippen molar-refractivity contribution in [1.82, 2.24) is 50.2 Å². The smallest absolute Gasteiger partial charge is 0.437 e. The number of hydrogen-bond acceptors (Lipinski definition) is 25. The van der Waals surface area contributed by atoms with E-state index in [4.69, 9.17) is 48.7 Å². The number of aryl methyl sites for hydroxylation is 1. The molecule has 0 radical (unpaired) electrons. The van der Waals surface area contributed by atoms with E-state index in [9.17, 15) is 31.2 Å². The molecular formula is C108H171BF3N11O14S. The number of pyridine rings is 6. The van der Waals surface area contributed by atoms with Crippen LogP contribution in [0.4, 0.5) is 13.2 Å². The van der Waals surface area contributed by atoms with Crippen molar-refractivity contribution in [3.8, 4) is 0 Å². The van der Waals surface area contributed by atoms with Crippen LogP contribution in [0.2, 0.25) is 6.82 Å². The third-order valence-electron chi connectivity index (χ3n) is 26.3. The van der Waals surface area contributed by atoms with Crippen LogP contribution in [0, 0.1) is 12.8 Å². The number of hydrogen-bond donors (Lipinski definition) is 4. The predicted molar refractivity (Wildman–Crippen MR) is 545 cm³/mol. The van der Waals surface area contributed by atoms with E-state index in [0.717, 1.165) is 171 Å². The molecule has 14 aliphatic rings. The Morgan fingerprint density at radius 3 is 1.16 bits per heavy atom. The number of likely N-dealkylation sites (tertiary alicyclic amines) is 2. The molecule has 772 valence electrons. The van der Waals surface area contributed by atoms with Gasteiger partial charge in [0.25, 0.3) is 0 Å². The van der Waals surface area contributed by atoms with E-state index < -0.39 is 21.4 Å². The van der Waals surface area contributed by atoms with Crippen molar-refractivity contribution >= 4 is 34.3 Å². The number of Topliss-reactive ketones (excluding diaryl/α,β-unsaturated/α-hetero) is 2. The van der Waals surface area contributed by atoms with Crippen molar-refractivity contribution in [3.05, 3.63) is 198 Å². The average Bonchev–Trinajstić information content (AvgIpc) is 1.79. The summed E-state index contributed by atoms with van der Waals surface area (Å²) in [4.78, 5) is 53.4. The van der Waals surface area contributed by atoms with Crippen LogP contribution in [0.25, 0.3) is 5.57 Å². The number of ketones is 2. The van der Waals surface area contributed by atoms with Gasteiger partial charge in [-0.05, 0) is 220 Å². The van der Waals surface area contributed by atoms with Gasteiger partial charge >= 0.3 is 22.7 Å². The van der Waals surface area contributed by atoms with Crippen LogP contribution in [0.1, 0.15) is 334 Å². The predicted octanol–water partition coefficient (Wildman–Crippen LogP) is 21.9. The minimum Gasteiger partial charge on any atom is -0.437 e.